The minimum Gasteiger partial charge on any atom is -0.462 e. The summed E-state index contributed by atoms with van der Waals surface area (Å²) >= 11 is 0. The molecule has 0 aromatic rings. The van der Waals surface area contributed by atoms with Crippen LogP contribution in [-0.2, 0) is 65.4 Å². The summed E-state index contributed by atoms with van der Waals surface area (Å²) in [4.78, 5) is 73.0. The zero-order chi connectivity index (χ0) is 71.8. The van der Waals surface area contributed by atoms with E-state index in [0.29, 0.717) is 25.7 Å². The maximum Gasteiger partial charge on any atom is 0.472 e. The monoisotopic (exact) mass is 1440 g/mol. The van der Waals surface area contributed by atoms with E-state index in [1.807, 2.05) is 0 Å². The lowest BCUT2D eigenvalue weighted by atomic mass is 10.0. The molecular weight excluding hydrogens is 1280 g/mol. The number of unbranched alkanes of at least 4 members (excludes halogenated alkanes) is 51. The molecule has 0 bridgehead atoms. The van der Waals surface area contributed by atoms with Crippen LogP contribution in [-0.4, -0.2) is 96.7 Å². The van der Waals surface area contributed by atoms with Crippen LogP contribution in [0.1, 0.15) is 413 Å². The van der Waals surface area contributed by atoms with Gasteiger partial charge in [-0.3, -0.25) is 37.3 Å². The van der Waals surface area contributed by atoms with Crippen molar-refractivity contribution in [3.05, 3.63) is 12.2 Å². The highest BCUT2D eigenvalue weighted by Crippen LogP contribution is 2.45. The lowest BCUT2D eigenvalue weighted by Crippen LogP contribution is -2.30. The summed E-state index contributed by atoms with van der Waals surface area (Å²) in [5.41, 5.74) is 0. The van der Waals surface area contributed by atoms with Crippen LogP contribution in [0.2, 0.25) is 0 Å². The van der Waals surface area contributed by atoms with Crippen molar-refractivity contribution in [1.82, 2.24) is 0 Å². The fourth-order valence-electron chi connectivity index (χ4n) is 12.0. The van der Waals surface area contributed by atoms with Crippen LogP contribution in [0.5, 0.6) is 0 Å². The van der Waals surface area contributed by atoms with E-state index in [0.717, 1.165) is 109 Å². The van der Waals surface area contributed by atoms with E-state index in [4.69, 9.17) is 37.0 Å². The molecule has 0 fully saturated rings. The van der Waals surface area contributed by atoms with E-state index in [-0.39, 0.29) is 25.7 Å². The van der Waals surface area contributed by atoms with Gasteiger partial charge in [-0.1, -0.05) is 348 Å². The van der Waals surface area contributed by atoms with E-state index in [1.54, 1.807) is 0 Å². The summed E-state index contributed by atoms with van der Waals surface area (Å²) in [6.07, 6.45) is 66.0. The van der Waals surface area contributed by atoms with E-state index >= 15 is 0 Å². The third-order valence-corrected chi connectivity index (χ3v) is 20.2. The first-order valence-electron chi connectivity index (χ1n) is 40.9. The molecule has 0 aromatic carbocycles. The van der Waals surface area contributed by atoms with E-state index < -0.39 is 97.5 Å². The van der Waals surface area contributed by atoms with Crippen molar-refractivity contribution in [2.45, 2.75) is 431 Å². The zero-order valence-corrected chi connectivity index (χ0v) is 65.3. The fourth-order valence-corrected chi connectivity index (χ4v) is 13.6. The molecule has 0 radical (unpaired) electrons. The van der Waals surface area contributed by atoms with Gasteiger partial charge in [-0.2, -0.15) is 0 Å². The maximum atomic E-state index is 13.1. The molecule has 0 aromatic heterocycles. The molecule has 0 aliphatic heterocycles. The Hall–Kier alpha value is -2.20. The van der Waals surface area contributed by atoms with Crippen molar-refractivity contribution in [3.63, 3.8) is 0 Å². The van der Waals surface area contributed by atoms with Crippen LogP contribution in [0, 0.1) is 0 Å². The Kier molecular flexibility index (Phi) is 71.5. The molecule has 0 saturated heterocycles. The first-order chi connectivity index (χ1) is 47.7. The number of phosphoric ester groups is 2. The van der Waals surface area contributed by atoms with Crippen molar-refractivity contribution in [2.75, 3.05) is 39.6 Å². The zero-order valence-electron chi connectivity index (χ0n) is 63.5. The number of hydrogen-bond acceptors (Lipinski definition) is 15. The lowest BCUT2D eigenvalue weighted by Gasteiger charge is -2.21. The summed E-state index contributed by atoms with van der Waals surface area (Å²) < 4.78 is 68.7. The molecule has 0 saturated carbocycles. The molecule has 98 heavy (non-hydrogen) atoms. The molecule has 5 atom stereocenters. The van der Waals surface area contributed by atoms with Gasteiger partial charge in [0.05, 0.1) is 26.4 Å². The van der Waals surface area contributed by atoms with Gasteiger partial charge < -0.3 is 33.8 Å². The molecule has 0 rings (SSSR count). The Morgan fingerprint density at radius 2 is 0.469 bits per heavy atom. The molecule has 19 heteroatoms. The van der Waals surface area contributed by atoms with Gasteiger partial charge in [0.2, 0.25) is 0 Å². The second-order valence-electron chi connectivity index (χ2n) is 28.1. The lowest BCUT2D eigenvalue weighted by molar-refractivity contribution is -0.161. The molecule has 0 aliphatic rings. The standard InChI is InChI=1S/C79H152O17P2/c1-5-9-13-17-21-25-29-33-36-40-44-48-52-56-60-64-77(82)90-70-75(96-79(84)66-62-58-54-50-46-42-38-35-31-27-23-19-15-11-7-3)72-94-98(87,88)92-68-73(80)67-91-97(85,86)93-71-74(69-89-76(81)63-59-55-51-47-43-39-32-28-24-20-16-12-8-4)95-78(83)65-61-57-53-49-45-41-37-34-30-26-22-18-14-10-6-2/h27,31,73-75,80H,5-26,28-30,32-72H2,1-4H3,(H,85,86)(H,87,88)/b31-27-/t73-,74+,75+/m0/s1. The highest BCUT2D eigenvalue weighted by atomic mass is 31.2. The smallest absolute Gasteiger partial charge is 0.462 e. The van der Waals surface area contributed by atoms with Gasteiger partial charge in [0.15, 0.2) is 12.2 Å². The molecule has 0 spiro atoms. The van der Waals surface area contributed by atoms with Crippen molar-refractivity contribution in [2.24, 2.45) is 0 Å². The van der Waals surface area contributed by atoms with Crippen LogP contribution in [0.15, 0.2) is 12.2 Å². The van der Waals surface area contributed by atoms with Crippen LogP contribution < -0.4 is 0 Å². The Morgan fingerprint density at radius 3 is 0.714 bits per heavy atom. The molecule has 3 N–H and O–H groups in total. The summed E-state index contributed by atoms with van der Waals surface area (Å²) in [6, 6.07) is 0. The van der Waals surface area contributed by atoms with Gasteiger partial charge in [0.25, 0.3) is 0 Å². The average molecular weight is 1440 g/mol. The normalized spacial score (nSPS) is 13.9. The number of ether oxygens (including phenoxy) is 4. The molecule has 0 aliphatic carbocycles. The highest BCUT2D eigenvalue weighted by Gasteiger charge is 2.30. The van der Waals surface area contributed by atoms with Crippen LogP contribution in [0.4, 0.5) is 0 Å². The third-order valence-electron chi connectivity index (χ3n) is 18.3. The third kappa shape index (κ3) is 72.2. The number of phosphoric acid groups is 2. The summed E-state index contributed by atoms with van der Waals surface area (Å²) in [6.45, 7) is 4.99. The van der Waals surface area contributed by atoms with Crippen LogP contribution in [0.3, 0.4) is 0 Å². The number of rotatable bonds is 79. The van der Waals surface area contributed by atoms with Crippen molar-refractivity contribution >= 4 is 39.5 Å². The number of aliphatic hydroxyl groups is 1. The number of carbonyl (C=O) groups is 4. The predicted octanol–water partition coefficient (Wildman–Crippen LogP) is 23.6. The van der Waals surface area contributed by atoms with Gasteiger partial charge in [-0.25, -0.2) is 9.13 Å². The predicted molar refractivity (Wildman–Crippen MR) is 400 cm³/mol. The molecule has 17 nitrogen and oxygen atoms in total. The Balaban J connectivity index is 5.28. The molecular formula is C79H152O17P2. The van der Waals surface area contributed by atoms with Crippen LogP contribution in [0.25, 0.3) is 0 Å². The number of carbonyl (C=O) groups excluding carboxylic acids is 4. The fraction of sp³-hybridized carbons (Fsp3) is 0.924. The number of esters is 4. The second kappa shape index (κ2) is 73.1. The minimum atomic E-state index is -4.96. The Morgan fingerprint density at radius 1 is 0.276 bits per heavy atom. The van der Waals surface area contributed by atoms with Crippen molar-refractivity contribution in [1.29, 1.82) is 0 Å². The molecule has 580 valence electrons. The largest absolute Gasteiger partial charge is 0.472 e. The SMILES string of the molecule is CCCCCC/C=C\CCCCCCCCCC(=O)O[C@H](COC(=O)CCCCCCCCCCCCCCCCC)COP(=O)(O)OC[C@@H](O)COP(=O)(O)OC[C@@H](COC(=O)CCCCCCCCCCCCCCC)OC(=O)CCCCCCCCCCCCCCCCC. The number of aliphatic hydroxyl groups excluding tert-OH is 1. The highest BCUT2D eigenvalue weighted by molar-refractivity contribution is 7.47. The summed E-state index contributed by atoms with van der Waals surface area (Å²) in [5, 5.41) is 10.6. The van der Waals surface area contributed by atoms with E-state index in [1.165, 1.54) is 225 Å². The van der Waals surface area contributed by atoms with Gasteiger partial charge in [0.1, 0.15) is 19.3 Å². The first-order valence-corrected chi connectivity index (χ1v) is 43.9. The van der Waals surface area contributed by atoms with Crippen LogP contribution >= 0.6 is 15.6 Å². The van der Waals surface area contributed by atoms with E-state index in [2.05, 4.69) is 39.8 Å². The summed E-state index contributed by atoms with van der Waals surface area (Å²) in [7, 11) is -9.92. The topological polar surface area (TPSA) is 237 Å². The van der Waals surface area contributed by atoms with Gasteiger partial charge in [0, 0.05) is 25.7 Å². The second-order valence-corrected chi connectivity index (χ2v) is 31.0. The number of allylic oxidation sites excluding steroid dienone is 2. The summed E-state index contributed by atoms with van der Waals surface area (Å²) in [5.74, 6) is -2.12. The van der Waals surface area contributed by atoms with Crippen molar-refractivity contribution < 1.29 is 80.2 Å². The minimum absolute atomic E-state index is 0.100. The molecule has 0 heterocycles. The molecule has 0 amide bonds. The van der Waals surface area contributed by atoms with Gasteiger partial charge >= 0.3 is 39.5 Å². The Labute approximate surface area is 600 Å². The van der Waals surface area contributed by atoms with Crippen molar-refractivity contribution in [3.8, 4) is 0 Å². The first kappa shape index (κ1) is 95.8. The Bertz CT molecular complexity index is 1910. The van der Waals surface area contributed by atoms with Gasteiger partial charge in [-0.05, 0) is 51.4 Å². The quantitative estimate of drug-likeness (QED) is 0.0169. The molecule has 2 unspecified atom stereocenters. The van der Waals surface area contributed by atoms with Gasteiger partial charge in [-0.15, -0.1) is 0 Å². The number of hydrogen-bond donors (Lipinski definition) is 3. The maximum absolute atomic E-state index is 13.1. The average Bonchev–Trinajstić information content (AvgIpc) is 1.04. The van der Waals surface area contributed by atoms with E-state index in [9.17, 15) is 43.2 Å².